The van der Waals surface area contributed by atoms with Crippen LogP contribution in [0.25, 0.3) is 0 Å². The number of rotatable bonds is 2. The van der Waals surface area contributed by atoms with E-state index in [1.54, 1.807) is 0 Å². The molecule has 2 rings (SSSR count). The Kier molecular flexibility index (Phi) is 3.26. The number of benzene rings is 1. The highest BCUT2D eigenvalue weighted by Crippen LogP contribution is 2.24. The van der Waals surface area contributed by atoms with E-state index >= 15 is 0 Å². The van der Waals surface area contributed by atoms with Crippen LogP contribution in [0.3, 0.4) is 0 Å². The molecule has 8 heteroatoms. The van der Waals surface area contributed by atoms with Crippen LogP contribution < -0.4 is 10.5 Å². The number of ether oxygens (including phenoxy) is 1. The van der Waals surface area contributed by atoms with E-state index in [1.807, 2.05) is 0 Å². The molecular formula is C9H5Cl2FN4O. The van der Waals surface area contributed by atoms with Gasteiger partial charge in [0.15, 0.2) is 0 Å². The normalized spacial score (nSPS) is 10.3. The van der Waals surface area contributed by atoms with Gasteiger partial charge in [-0.1, -0.05) is 11.6 Å². The standard InChI is InChI=1S/C9H5Cl2FN4O/c10-5-2-1-4(3-6(5)12)17-9-15-7(11)14-8(13)16-9/h1-3H,(H2,13,14,15,16). The second kappa shape index (κ2) is 4.68. The summed E-state index contributed by atoms with van der Waals surface area (Å²) in [7, 11) is 0. The minimum absolute atomic E-state index is 0.00876. The number of halogens is 3. The van der Waals surface area contributed by atoms with Crippen LogP contribution in [0.4, 0.5) is 10.3 Å². The highest BCUT2D eigenvalue weighted by Gasteiger charge is 2.07. The molecule has 0 fully saturated rings. The first-order valence-corrected chi connectivity index (χ1v) is 5.10. The molecule has 5 nitrogen and oxygen atoms in total. The predicted molar refractivity (Wildman–Crippen MR) is 60.7 cm³/mol. The topological polar surface area (TPSA) is 73.9 Å². The fraction of sp³-hybridized carbons (Fsp3) is 0. The molecule has 0 unspecified atom stereocenters. The fourth-order valence-corrected chi connectivity index (χ4v) is 1.31. The van der Waals surface area contributed by atoms with Gasteiger partial charge >= 0.3 is 6.01 Å². The summed E-state index contributed by atoms with van der Waals surface area (Å²) >= 11 is 11.1. The molecule has 88 valence electrons. The molecule has 0 atom stereocenters. The van der Waals surface area contributed by atoms with Gasteiger partial charge in [-0.05, 0) is 23.7 Å². The lowest BCUT2D eigenvalue weighted by molar-refractivity contribution is 0.437. The molecule has 0 aliphatic heterocycles. The van der Waals surface area contributed by atoms with Gasteiger partial charge in [-0.25, -0.2) is 4.39 Å². The molecule has 0 aliphatic carbocycles. The Morgan fingerprint density at radius 2 is 1.94 bits per heavy atom. The van der Waals surface area contributed by atoms with Crippen molar-refractivity contribution in [2.75, 3.05) is 5.73 Å². The summed E-state index contributed by atoms with van der Waals surface area (Å²) < 4.78 is 18.3. The molecule has 0 amide bonds. The summed E-state index contributed by atoms with van der Waals surface area (Å²) in [5.74, 6) is -0.528. The number of hydrogen-bond acceptors (Lipinski definition) is 5. The van der Waals surface area contributed by atoms with Crippen LogP contribution >= 0.6 is 23.2 Å². The molecule has 0 bridgehead atoms. The Morgan fingerprint density at radius 3 is 2.59 bits per heavy atom. The lowest BCUT2D eigenvalue weighted by Gasteiger charge is -2.04. The van der Waals surface area contributed by atoms with Gasteiger partial charge in [-0.3, -0.25) is 0 Å². The second-order valence-electron chi connectivity index (χ2n) is 2.92. The molecule has 0 aliphatic rings. The Labute approximate surface area is 105 Å². The van der Waals surface area contributed by atoms with Crippen molar-refractivity contribution in [1.29, 1.82) is 0 Å². The zero-order valence-corrected chi connectivity index (χ0v) is 9.71. The van der Waals surface area contributed by atoms with Gasteiger partial charge in [0.25, 0.3) is 0 Å². The van der Waals surface area contributed by atoms with Gasteiger partial charge in [0.1, 0.15) is 11.6 Å². The maximum Gasteiger partial charge on any atom is 0.328 e. The molecule has 0 spiro atoms. The van der Waals surface area contributed by atoms with Crippen molar-refractivity contribution < 1.29 is 9.13 Å². The third kappa shape index (κ3) is 2.92. The summed E-state index contributed by atoms with van der Waals surface area (Å²) in [6, 6.07) is 3.78. The average Bonchev–Trinajstić information content (AvgIpc) is 2.22. The average molecular weight is 275 g/mol. The SMILES string of the molecule is Nc1nc(Cl)nc(Oc2ccc(Cl)c(F)c2)n1. The first-order valence-electron chi connectivity index (χ1n) is 4.34. The summed E-state index contributed by atoms with van der Waals surface area (Å²) in [5.41, 5.74) is 5.35. The molecular weight excluding hydrogens is 270 g/mol. The lowest BCUT2D eigenvalue weighted by Crippen LogP contribution is -2.00. The van der Waals surface area contributed by atoms with E-state index in [0.717, 1.165) is 6.07 Å². The van der Waals surface area contributed by atoms with E-state index in [2.05, 4.69) is 15.0 Å². The quantitative estimate of drug-likeness (QED) is 0.912. The summed E-state index contributed by atoms with van der Waals surface area (Å²) in [6.07, 6.45) is 0. The Bertz CT molecular complexity index is 546. The molecule has 17 heavy (non-hydrogen) atoms. The van der Waals surface area contributed by atoms with Crippen LogP contribution in [0.2, 0.25) is 10.3 Å². The van der Waals surface area contributed by atoms with Gasteiger partial charge < -0.3 is 10.5 Å². The van der Waals surface area contributed by atoms with E-state index in [-0.39, 0.29) is 28.0 Å². The number of nitrogens with two attached hydrogens (primary N) is 1. The van der Waals surface area contributed by atoms with E-state index in [9.17, 15) is 4.39 Å². The minimum Gasteiger partial charge on any atom is -0.424 e. The molecule has 2 aromatic rings. The molecule has 0 radical (unpaired) electrons. The minimum atomic E-state index is -0.614. The third-order valence-corrected chi connectivity index (χ3v) is 2.18. The van der Waals surface area contributed by atoms with E-state index in [0.29, 0.717) is 0 Å². The van der Waals surface area contributed by atoms with Crippen molar-refractivity contribution in [3.8, 4) is 11.8 Å². The molecule has 0 saturated heterocycles. The monoisotopic (exact) mass is 274 g/mol. The highest BCUT2D eigenvalue weighted by atomic mass is 35.5. The number of nitrogens with zero attached hydrogens (tertiary/aromatic N) is 3. The number of anilines is 1. The van der Waals surface area contributed by atoms with E-state index in [1.165, 1.54) is 12.1 Å². The maximum atomic E-state index is 13.1. The highest BCUT2D eigenvalue weighted by molar-refractivity contribution is 6.30. The first-order chi connectivity index (χ1) is 8.04. The number of nitrogen functional groups attached to an aromatic ring is 1. The zero-order valence-electron chi connectivity index (χ0n) is 8.19. The van der Waals surface area contributed by atoms with Crippen molar-refractivity contribution in [2.45, 2.75) is 0 Å². The van der Waals surface area contributed by atoms with Gasteiger partial charge in [0.05, 0.1) is 5.02 Å². The lowest BCUT2D eigenvalue weighted by atomic mass is 10.3. The van der Waals surface area contributed by atoms with Crippen LogP contribution in [0.1, 0.15) is 0 Å². The molecule has 1 heterocycles. The first kappa shape index (κ1) is 11.8. The van der Waals surface area contributed by atoms with Crippen molar-refractivity contribution >= 4 is 29.2 Å². The summed E-state index contributed by atoms with van der Waals surface area (Å²) in [4.78, 5) is 10.9. The van der Waals surface area contributed by atoms with Crippen LogP contribution in [0.15, 0.2) is 18.2 Å². The summed E-state index contributed by atoms with van der Waals surface area (Å²) in [5, 5.41) is -0.118. The number of hydrogen-bond donors (Lipinski definition) is 1. The fourth-order valence-electron chi connectivity index (χ4n) is 1.04. The van der Waals surface area contributed by atoms with Crippen LogP contribution in [0, 0.1) is 5.82 Å². The maximum absolute atomic E-state index is 13.1. The molecule has 1 aromatic heterocycles. The van der Waals surface area contributed by atoms with Gasteiger partial charge in [0, 0.05) is 6.07 Å². The zero-order chi connectivity index (χ0) is 12.4. The Balaban J connectivity index is 2.28. The predicted octanol–water partition coefficient (Wildman–Crippen LogP) is 2.69. The van der Waals surface area contributed by atoms with Gasteiger partial charge in [0.2, 0.25) is 11.2 Å². The van der Waals surface area contributed by atoms with Crippen LogP contribution in [0.5, 0.6) is 11.8 Å². The van der Waals surface area contributed by atoms with Crippen LogP contribution in [-0.2, 0) is 0 Å². The molecule has 1 aromatic carbocycles. The van der Waals surface area contributed by atoms with Gasteiger partial charge in [-0.15, -0.1) is 0 Å². The van der Waals surface area contributed by atoms with Crippen molar-refractivity contribution in [1.82, 2.24) is 15.0 Å². The Morgan fingerprint density at radius 1 is 1.18 bits per heavy atom. The Hall–Kier alpha value is -1.66. The van der Waals surface area contributed by atoms with Crippen molar-refractivity contribution in [3.05, 3.63) is 34.3 Å². The largest absolute Gasteiger partial charge is 0.424 e. The summed E-state index contributed by atoms with van der Waals surface area (Å²) in [6.45, 7) is 0. The third-order valence-electron chi connectivity index (χ3n) is 1.71. The van der Waals surface area contributed by atoms with E-state index in [4.69, 9.17) is 33.7 Å². The van der Waals surface area contributed by atoms with E-state index < -0.39 is 5.82 Å². The number of aromatic nitrogens is 3. The van der Waals surface area contributed by atoms with Crippen molar-refractivity contribution in [2.24, 2.45) is 0 Å². The second-order valence-corrected chi connectivity index (χ2v) is 3.67. The molecule has 0 saturated carbocycles. The van der Waals surface area contributed by atoms with Gasteiger partial charge in [-0.2, -0.15) is 15.0 Å². The smallest absolute Gasteiger partial charge is 0.328 e. The molecule has 2 N–H and O–H groups in total. The van der Waals surface area contributed by atoms with Crippen molar-refractivity contribution in [3.63, 3.8) is 0 Å². The van der Waals surface area contributed by atoms with Crippen LogP contribution in [-0.4, -0.2) is 15.0 Å².